The van der Waals surface area contributed by atoms with E-state index in [9.17, 15) is 10.1 Å². The molecule has 0 aliphatic heterocycles. The van der Waals surface area contributed by atoms with Gasteiger partial charge in [0.2, 0.25) is 0 Å². The number of nitrogens with zero attached hydrogens (tertiary/aromatic N) is 3. The molecule has 0 saturated heterocycles. The summed E-state index contributed by atoms with van der Waals surface area (Å²) in [4.78, 5) is 17.7. The van der Waals surface area contributed by atoms with E-state index in [1.807, 2.05) is 77.4 Å². The number of amides is 1. The molecule has 1 aliphatic rings. The first-order valence-electron chi connectivity index (χ1n) is 12.7. The van der Waals surface area contributed by atoms with Crippen LogP contribution in [0.5, 0.6) is 11.5 Å². The van der Waals surface area contributed by atoms with E-state index in [-0.39, 0.29) is 24.0 Å². The lowest BCUT2D eigenvalue weighted by atomic mass is 9.91. The molecular formula is C30H30N6O2. The Morgan fingerprint density at radius 1 is 0.974 bits per heavy atom. The highest BCUT2D eigenvalue weighted by molar-refractivity contribution is 5.99. The van der Waals surface area contributed by atoms with Crippen LogP contribution in [0.1, 0.15) is 47.3 Å². The summed E-state index contributed by atoms with van der Waals surface area (Å²) in [6, 6.07) is 27.2. The Bertz CT molecular complexity index is 1490. The fourth-order valence-electron chi connectivity index (χ4n) is 4.97. The molecule has 8 heteroatoms. The van der Waals surface area contributed by atoms with E-state index in [0.29, 0.717) is 17.8 Å². The molecule has 0 spiro atoms. The molecule has 0 bridgehead atoms. The van der Waals surface area contributed by atoms with Crippen LogP contribution >= 0.6 is 0 Å². The average molecular weight is 507 g/mol. The smallest absolute Gasteiger partial charge is 0.268 e. The molecule has 3 aromatic carbocycles. The summed E-state index contributed by atoms with van der Waals surface area (Å²) in [7, 11) is 0. The summed E-state index contributed by atoms with van der Waals surface area (Å²) in [5.41, 5.74) is 14.0. The van der Waals surface area contributed by atoms with Crippen LogP contribution in [0.15, 0.2) is 83.9 Å². The third kappa shape index (κ3) is 5.79. The molecule has 0 atom stereocenters. The van der Waals surface area contributed by atoms with Gasteiger partial charge in [0.05, 0.1) is 23.2 Å². The maximum atomic E-state index is 13.5. The average Bonchev–Trinajstić information content (AvgIpc) is 3.28. The molecule has 5 N–H and O–H groups in total. The predicted molar refractivity (Wildman–Crippen MR) is 148 cm³/mol. The van der Waals surface area contributed by atoms with Gasteiger partial charge in [-0.25, -0.2) is 0 Å². The number of hydrogen-bond donors (Lipinski definition) is 3. The number of nitrogens with one attached hydrogen (secondary N) is 1. The molecule has 1 aromatic heterocycles. The van der Waals surface area contributed by atoms with E-state index >= 15 is 0 Å². The first-order chi connectivity index (χ1) is 18.5. The molecule has 1 fully saturated rings. The summed E-state index contributed by atoms with van der Waals surface area (Å²) in [6.45, 7) is 0.476. The highest BCUT2D eigenvalue weighted by Crippen LogP contribution is 2.26. The van der Waals surface area contributed by atoms with Crippen LogP contribution in [-0.4, -0.2) is 28.5 Å². The summed E-state index contributed by atoms with van der Waals surface area (Å²) in [5.74, 6) is 1.48. The second-order valence-electron chi connectivity index (χ2n) is 9.59. The molecule has 1 amide bonds. The van der Waals surface area contributed by atoms with Crippen LogP contribution < -0.4 is 21.5 Å². The van der Waals surface area contributed by atoms with Gasteiger partial charge >= 0.3 is 0 Å². The van der Waals surface area contributed by atoms with Gasteiger partial charge < -0.3 is 26.1 Å². The lowest BCUT2D eigenvalue weighted by molar-refractivity contribution is 0.0917. The van der Waals surface area contributed by atoms with Gasteiger partial charge in [-0.05, 0) is 73.7 Å². The number of rotatable bonds is 7. The monoisotopic (exact) mass is 506 g/mol. The van der Waals surface area contributed by atoms with Gasteiger partial charge in [0, 0.05) is 18.0 Å². The van der Waals surface area contributed by atoms with E-state index in [2.05, 4.69) is 16.4 Å². The Morgan fingerprint density at radius 3 is 2.37 bits per heavy atom. The van der Waals surface area contributed by atoms with Crippen molar-refractivity contribution in [2.45, 2.75) is 44.3 Å². The second kappa shape index (κ2) is 11.1. The normalized spacial score (nSPS) is 16.9. The van der Waals surface area contributed by atoms with E-state index in [1.54, 1.807) is 6.07 Å². The van der Waals surface area contributed by atoms with Crippen LogP contribution in [0.3, 0.4) is 0 Å². The van der Waals surface area contributed by atoms with Gasteiger partial charge in [0.1, 0.15) is 17.2 Å². The number of hydrogen-bond acceptors (Lipinski definition) is 4. The fraction of sp³-hybridized carbons (Fsp3) is 0.233. The third-order valence-electron chi connectivity index (χ3n) is 6.87. The number of fused-ring (bicyclic) bond motifs is 1. The Kier molecular flexibility index (Phi) is 7.27. The fourth-order valence-corrected chi connectivity index (χ4v) is 4.97. The Hall–Kier alpha value is -4.77. The molecule has 0 unspecified atom stereocenters. The maximum Gasteiger partial charge on any atom is 0.268 e. The molecule has 0 radical (unpaired) electrons. The van der Waals surface area contributed by atoms with Crippen molar-refractivity contribution in [3.05, 3.63) is 95.7 Å². The largest absolute Gasteiger partial charge is 0.457 e. The van der Waals surface area contributed by atoms with Crippen LogP contribution in [0.4, 0.5) is 0 Å². The molecule has 192 valence electrons. The number of ether oxygens (including phenoxy) is 1. The molecular weight excluding hydrogens is 476 g/mol. The van der Waals surface area contributed by atoms with Gasteiger partial charge in [-0.2, -0.15) is 5.26 Å². The van der Waals surface area contributed by atoms with Crippen molar-refractivity contribution in [2.75, 3.05) is 0 Å². The number of nitriles is 1. The first kappa shape index (κ1) is 24.9. The predicted octanol–water partition coefficient (Wildman–Crippen LogP) is 4.67. The van der Waals surface area contributed by atoms with E-state index in [0.717, 1.165) is 53.6 Å². The zero-order valence-corrected chi connectivity index (χ0v) is 21.0. The number of guanidine groups is 1. The van der Waals surface area contributed by atoms with Gasteiger partial charge in [0.25, 0.3) is 5.91 Å². The minimum absolute atomic E-state index is 0.0588. The summed E-state index contributed by atoms with van der Waals surface area (Å²) in [5, 5.41) is 13.6. The number of para-hydroxylation sites is 1. The standard InChI is InChI=1S/C30H30N6O2/c31-18-21-6-9-22-17-28(29(37)34-23-10-12-24(13-11-23)35-30(32)33)36(27(22)16-21)19-20-7-14-26(15-8-20)38-25-4-2-1-3-5-25/h1-9,14-17,23-24H,10-13,19H2,(H,34,37)(H4,32,33,35). The van der Waals surface area contributed by atoms with Crippen molar-refractivity contribution < 1.29 is 9.53 Å². The number of carbonyl (C=O) groups excluding carboxylic acids is 1. The Balaban J connectivity index is 1.37. The molecule has 8 nitrogen and oxygen atoms in total. The lowest BCUT2D eigenvalue weighted by Gasteiger charge is -2.27. The van der Waals surface area contributed by atoms with Crippen molar-refractivity contribution in [2.24, 2.45) is 16.5 Å². The minimum atomic E-state index is -0.131. The highest BCUT2D eigenvalue weighted by atomic mass is 16.5. The zero-order valence-electron chi connectivity index (χ0n) is 21.0. The lowest BCUT2D eigenvalue weighted by Crippen LogP contribution is -2.39. The van der Waals surface area contributed by atoms with Crippen LogP contribution in [0, 0.1) is 11.3 Å². The molecule has 1 heterocycles. The van der Waals surface area contributed by atoms with Gasteiger partial charge in [-0.15, -0.1) is 0 Å². The summed E-state index contributed by atoms with van der Waals surface area (Å²) < 4.78 is 7.89. The molecule has 1 aliphatic carbocycles. The third-order valence-corrected chi connectivity index (χ3v) is 6.87. The van der Waals surface area contributed by atoms with Crippen LogP contribution in [0.2, 0.25) is 0 Å². The quantitative estimate of drug-likeness (QED) is 0.248. The summed E-state index contributed by atoms with van der Waals surface area (Å²) in [6.07, 6.45) is 3.28. The molecule has 5 rings (SSSR count). The molecule has 38 heavy (non-hydrogen) atoms. The number of aromatic nitrogens is 1. The van der Waals surface area contributed by atoms with Crippen molar-refractivity contribution in [3.8, 4) is 17.6 Å². The van der Waals surface area contributed by atoms with E-state index in [1.165, 1.54) is 0 Å². The van der Waals surface area contributed by atoms with Crippen molar-refractivity contribution in [1.82, 2.24) is 9.88 Å². The topological polar surface area (TPSA) is 131 Å². The minimum Gasteiger partial charge on any atom is -0.457 e. The molecule has 1 saturated carbocycles. The van der Waals surface area contributed by atoms with E-state index in [4.69, 9.17) is 16.2 Å². The highest BCUT2D eigenvalue weighted by Gasteiger charge is 2.24. The van der Waals surface area contributed by atoms with Gasteiger partial charge in [-0.3, -0.25) is 9.79 Å². The Labute approximate surface area is 221 Å². The van der Waals surface area contributed by atoms with Gasteiger partial charge in [0.15, 0.2) is 5.96 Å². The first-order valence-corrected chi connectivity index (χ1v) is 12.7. The SMILES string of the molecule is N#Cc1ccc2cc(C(=O)NC3CCC(N=C(N)N)CC3)n(Cc3ccc(Oc4ccccc4)cc3)c2c1. The molecule has 4 aromatic rings. The Morgan fingerprint density at radius 2 is 1.68 bits per heavy atom. The van der Waals surface area contributed by atoms with Crippen LogP contribution in [0.25, 0.3) is 10.9 Å². The number of aliphatic imine (C=N–C) groups is 1. The number of carbonyl (C=O) groups is 1. The number of nitrogens with two attached hydrogens (primary N) is 2. The van der Waals surface area contributed by atoms with Crippen LogP contribution in [-0.2, 0) is 6.54 Å². The number of benzene rings is 3. The zero-order chi connectivity index (χ0) is 26.5. The van der Waals surface area contributed by atoms with Crippen molar-refractivity contribution in [1.29, 1.82) is 5.26 Å². The van der Waals surface area contributed by atoms with Gasteiger partial charge in [-0.1, -0.05) is 36.4 Å². The van der Waals surface area contributed by atoms with Crippen molar-refractivity contribution >= 4 is 22.8 Å². The van der Waals surface area contributed by atoms with Crippen molar-refractivity contribution in [3.63, 3.8) is 0 Å². The summed E-state index contributed by atoms with van der Waals surface area (Å²) >= 11 is 0. The second-order valence-corrected chi connectivity index (χ2v) is 9.59. The maximum absolute atomic E-state index is 13.5. The van der Waals surface area contributed by atoms with E-state index < -0.39 is 0 Å².